The highest BCUT2D eigenvalue weighted by atomic mass is 32.2. The lowest BCUT2D eigenvalue weighted by molar-refractivity contribution is -0.0593. The largest absolute Gasteiger partial charge is 0.438 e. The van der Waals surface area contributed by atoms with Crippen LogP contribution in [0, 0.1) is 0 Å². The number of primary sulfonamides is 1. The molecular weight excluding hydrogens is 272 g/mol. The Morgan fingerprint density at radius 2 is 1.89 bits per heavy atom. The van der Waals surface area contributed by atoms with Crippen molar-refractivity contribution in [2.45, 2.75) is 31.1 Å². The second-order valence-corrected chi connectivity index (χ2v) is 6.12. The number of ether oxygens (including phenoxy) is 1. The highest BCUT2D eigenvalue weighted by Gasteiger charge is 2.29. The lowest BCUT2D eigenvalue weighted by Crippen LogP contribution is -2.48. The number of hydrogen-bond acceptors (Lipinski definition) is 5. The van der Waals surface area contributed by atoms with Gasteiger partial charge >= 0.3 is 0 Å². The minimum Gasteiger partial charge on any atom is -0.438 e. The fourth-order valence-electron chi connectivity index (χ4n) is 2.09. The number of furan rings is 1. The van der Waals surface area contributed by atoms with Crippen molar-refractivity contribution in [3.8, 4) is 0 Å². The molecule has 0 spiro atoms. The number of carbonyl (C=O) groups is 1. The highest BCUT2D eigenvalue weighted by molar-refractivity contribution is 7.89. The summed E-state index contributed by atoms with van der Waals surface area (Å²) in [6.45, 7) is 4.62. The van der Waals surface area contributed by atoms with Gasteiger partial charge in [-0.2, -0.15) is 0 Å². The maximum atomic E-state index is 12.2. The van der Waals surface area contributed by atoms with Gasteiger partial charge in [-0.05, 0) is 26.0 Å². The van der Waals surface area contributed by atoms with Crippen LogP contribution in [0.5, 0.6) is 0 Å². The second kappa shape index (κ2) is 4.95. The van der Waals surface area contributed by atoms with Crippen molar-refractivity contribution >= 4 is 15.9 Å². The molecule has 106 valence electrons. The van der Waals surface area contributed by atoms with E-state index in [4.69, 9.17) is 14.3 Å². The third-order valence-corrected chi connectivity index (χ3v) is 3.56. The molecule has 8 heteroatoms. The smallest absolute Gasteiger partial charge is 0.289 e. The SMILES string of the molecule is CC1CN(C(=O)c2ccc(S(N)(=O)=O)o2)CC(C)O1. The Morgan fingerprint density at radius 3 is 2.37 bits per heavy atom. The van der Waals surface area contributed by atoms with Crippen molar-refractivity contribution in [3.63, 3.8) is 0 Å². The van der Waals surface area contributed by atoms with Crippen LogP contribution < -0.4 is 5.14 Å². The normalized spacial score (nSPS) is 24.5. The van der Waals surface area contributed by atoms with Crippen LogP contribution in [0.3, 0.4) is 0 Å². The number of hydrogen-bond donors (Lipinski definition) is 1. The molecule has 1 saturated heterocycles. The summed E-state index contributed by atoms with van der Waals surface area (Å²) in [4.78, 5) is 13.7. The van der Waals surface area contributed by atoms with E-state index in [-0.39, 0.29) is 23.9 Å². The summed E-state index contributed by atoms with van der Waals surface area (Å²) in [7, 11) is -3.93. The van der Waals surface area contributed by atoms with Crippen molar-refractivity contribution in [2.75, 3.05) is 13.1 Å². The van der Waals surface area contributed by atoms with Crippen LogP contribution in [0.2, 0.25) is 0 Å². The number of sulfonamides is 1. The zero-order valence-electron chi connectivity index (χ0n) is 10.7. The average Bonchev–Trinajstić information content (AvgIpc) is 2.75. The van der Waals surface area contributed by atoms with Crippen LogP contribution in [0.1, 0.15) is 24.4 Å². The van der Waals surface area contributed by atoms with Crippen molar-refractivity contribution < 1.29 is 22.4 Å². The lowest BCUT2D eigenvalue weighted by atomic mass is 10.2. The summed E-state index contributed by atoms with van der Waals surface area (Å²) in [5.74, 6) is -0.401. The fraction of sp³-hybridized carbons (Fsp3) is 0.545. The van der Waals surface area contributed by atoms with Crippen LogP contribution in [0.4, 0.5) is 0 Å². The molecule has 2 rings (SSSR count). The first kappa shape index (κ1) is 14.0. The predicted molar refractivity (Wildman–Crippen MR) is 66.0 cm³/mol. The minimum absolute atomic E-state index is 0.0367. The summed E-state index contributed by atoms with van der Waals surface area (Å²) in [5.41, 5.74) is 0. The number of nitrogens with two attached hydrogens (primary N) is 1. The van der Waals surface area contributed by atoms with E-state index in [2.05, 4.69) is 0 Å². The molecule has 0 saturated carbocycles. The molecule has 2 heterocycles. The van der Waals surface area contributed by atoms with Gasteiger partial charge in [-0.25, -0.2) is 13.6 Å². The monoisotopic (exact) mass is 288 g/mol. The summed E-state index contributed by atoms with van der Waals surface area (Å²) in [6.07, 6.45) is -0.138. The van der Waals surface area contributed by atoms with Gasteiger partial charge in [0.15, 0.2) is 5.76 Å². The summed E-state index contributed by atoms with van der Waals surface area (Å²) < 4.78 is 32.7. The van der Waals surface area contributed by atoms with Gasteiger partial charge in [-0.15, -0.1) is 0 Å². The van der Waals surface area contributed by atoms with Crippen molar-refractivity contribution in [1.29, 1.82) is 0 Å². The molecule has 2 atom stereocenters. The van der Waals surface area contributed by atoms with Gasteiger partial charge in [0.1, 0.15) is 0 Å². The maximum absolute atomic E-state index is 12.2. The van der Waals surface area contributed by atoms with E-state index < -0.39 is 15.1 Å². The van der Waals surface area contributed by atoms with Gasteiger partial charge in [-0.1, -0.05) is 0 Å². The zero-order chi connectivity index (χ0) is 14.2. The van der Waals surface area contributed by atoms with E-state index in [0.717, 1.165) is 0 Å². The van der Waals surface area contributed by atoms with Crippen LogP contribution in [0.25, 0.3) is 0 Å². The van der Waals surface area contributed by atoms with Gasteiger partial charge in [0.05, 0.1) is 12.2 Å². The molecule has 0 aliphatic carbocycles. The third kappa shape index (κ3) is 3.14. The molecule has 1 aromatic heterocycles. The molecule has 2 N–H and O–H groups in total. The van der Waals surface area contributed by atoms with Crippen molar-refractivity contribution in [3.05, 3.63) is 17.9 Å². The van der Waals surface area contributed by atoms with Gasteiger partial charge in [-0.3, -0.25) is 4.79 Å². The standard InChI is InChI=1S/C11H16N2O5S/c1-7-5-13(6-8(2)17-7)11(14)9-3-4-10(18-9)19(12,15)16/h3-4,7-8H,5-6H2,1-2H3,(H2,12,15,16). The molecular formula is C11H16N2O5S. The molecule has 1 aliphatic rings. The predicted octanol–water partition coefficient (Wildman–Crippen LogP) is 0.176. The number of carbonyl (C=O) groups excluding carboxylic acids is 1. The minimum atomic E-state index is -3.93. The molecule has 7 nitrogen and oxygen atoms in total. The number of nitrogens with zero attached hydrogens (tertiary/aromatic N) is 1. The van der Waals surface area contributed by atoms with Crippen LogP contribution >= 0.6 is 0 Å². The van der Waals surface area contributed by atoms with Crippen molar-refractivity contribution in [1.82, 2.24) is 4.90 Å². The van der Waals surface area contributed by atoms with E-state index in [1.807, 2.05) is 13.8 Å². The summed E-state index contributed by atoms with van der Waals surface area (Å²) in [5, 5.41) is 4.51. The molecule has 1 aliphatic heterocycles. The average molecular weight is 288 g/mol. The molecule has 1 aromatic rings. The van der Waals surface area contributed by atoms with E-state index in [9.17, 15) is 13.2 Å². The molecule has 0 bridgehead atoms. The number of morpholine rings is 1. The van der Waals surface area contributed by atoms with Gasteiger partial charge in [0.2, 0.25) is 5.09 Å². The van der Waals surface area contributed by atoms with Crippen LogP contribution in [-0.2, 0) is 14.8 Å². The topological polar surface area (TPSA) is 103 Å². The lowest BCUT2D eigenvalue weighted by Gasteiger charge is -2.34. The number of rotatable bonds is 2. The Labute approximate surface area is 111 Å². The first-order chi connectivity index (χ1) is 8.77. The Bertz CT molecular complexity index is 570. The Balaban J connectivity index is 2.18. The second-order valence-electron chi connectivity index (χ2n) is 4.63. The molecule has 0 radical (unpaired) electrons. The maximum Gasteiger partial charge on any atom is 0.289 e. The van der Waals surface area contributed by atoms with E-state index in [1.165, 1.54) is 12.1 Å². The van der Waals surface area contributed by atoms with Crippen LogP contribution in [-0.4, -0.2) is 44.5 Å². The van der Waals surface area contributed by atoms with E-state index in [1.54, 1.807) is 4.90 Å². The fourth-order valence-corrected chi connectivity index (χ4v) is 2.55. The summed E-state index contributed by atoms with van der Waals surface area (Å²) in [6, 6.07) is 2.49. The van der Waals surface area contributed by atoms with E-state index >= 15 is 0 Å². The van der Waals surface area contributed by atoms with Gasteiger partial charge in [0.25, 0.3) is 15.9 Å². The Kier molecular flexibility index (Phi) is 3.66. The molecule has 1 fully saturated rings. The van der Waals surface area contributed by atoms with Crippen molar-refractivity contribution in [2.24, 2.45) is 5.14 Å². The third-order valence-electron chi connectivity index (χ3n) is 2.78. The first-order valence-electron chi connectivity index (χ1n) is 5.84. The molecule has 19 heavy (non-hydrogen) atoms. The Hall–Kier alpha value is -1.38. The Morgan fingerprint density at radius 1 is 1.32 bits per heavy atom. The van der Waals surface area contributed by atoms with Gasteiger partial charge in [0, 0.05) is 13.1 Å². The van der Waals surface area contributed by atoms with Crippen LogP contribution in [0.15, 0.2) is 21.6 Å². The van der Waals surface area contributed by atoms with Gasteiger partial charge < -0.3 is 14.1 Å². The highest BCUT2D eigenvalue weighted by Crippen LogP contribution is 2.17. The molecule has 2 unspecified atom stereocenters. The molecule has 1 amide bonds. The quantitative estimate of drug-likeness (QED) is 0.836. The van der Waals surface area contributed by atoms with E-state index in [0.29, 0.717) is 13.1 Å². The zero-order valence-corrected chi connectivity index (χ0v) is 11.5. The first-order valence-corrected chi connectivity index (χ1v) is 7.39. The number of amides is 1. The molecule has 0 aromatic carbocycles. The summed E-state index contributed by atoms with van der Waals surface area (Å²) >= 11 is 0.